The molecule has 0 bridgehead atoms. The van der Waals surface area contributed by atoms with Crippen molar-refractivity contribution in [3.05, 3.63) is 112 Å². The zero-order valence-electron chi connectivity index (χ0n) is 76.1. The summed E-state index contributed by atoms with van der Waals surface area (Å²) in [5.74, 6) is 1.39. The number of fused-ring (bicyclic) bond motifs is 4. The Kier molecular flexibility index (Phi) is 29.8. The number of ether oxygens (including phenoxy) is 8. The first-order valence-corrected chi connectivity index (χ1v) is 47.2. The van der Waals surface area contributed by atoms with E-state index in [9.17, 15) is 56.7 Å². The number of methoxy groups -OCH3 is 3. The van der Waals surface area contributed by atoms with Gasteiger partial charge in [-0.2, -0.15) is 8.42 Å². The Morgan fingerprint density at radius 2 is 1.07 bits per heavy atom. The molecule has 8 fully saturated rings. The highest BCUT2D eigenvalue weighted by atomic mass is 79.9. The average Bonchev–Trinajstić information content (AvgIpc) is 1.58. The SMILES string of the molecule is CC[C@@H]1C[C@]1(CC(=O)[C@@H]1C[C@@H](Oc2cc(-n3ccc(NC(C)C)n3)nc3cc(OCCOC)ccc23)CN1C(=O)[C@@H](CC(=O)OC1C[C@@H]2C[C@@H]2C1)C(C)(C)C)C(=O)O.CC[C@@H]1C[C@]1(CC(=O)[C@@H]1C[C@H](OS(=O)(=O)c2ccc(Br)cc2)CN1C(=O)[C@@H](CC(=O)OC1C[C@@H]2C[C@@H]2C1)C(C)(C)C)C(=O)OC.COCCOc1ccc2c(=O)cc(-n3ccc(NC(C)C)n3)[nH]c2c1. The number of aromatic amines is 1. The molecule has 4 aromatic heterocycles. The van der Waals surface area contributed by atoms with Crippen LogP contribution in [0.1, 0.15) is 186 Å². The van der Waals surface area contributed by atoms with E-state index >= 15 is 0 Å². The number of anilines is 2. The highest BCUT2D eigenvalue weighted by Gasteiger charge is 2.63. The number of halogens is 1. The lowest BCUT2D eigenvalue weighted by Crippen LogP contribution is -2.48. The Morgan fingerprint density at radius 3 is 1.56 bits per heavy atom. The smallest absolute Gasteiger partial charge is 0.312 e. The molecule has 16 atom stereocenters. The van der Waals surface area contributed by atoms with Crippen LogP contribution in [0.4, 0.5) is 11.6 Å². The Hall–Kier alpha value is -9.83. The number of carbonyl (C=O) groups is 8. The van der Waals surface area contributed by atoms with E-state index in [0.29, 0.717) is 137 Å². The minimum atomic E-state index is -4.21. The van der Waals surface area contributed by atoms with Crippen molar-refractivity contribution in [1.82, 2.24) is 39.3 Å². The van der Waals surface area contributed by atoms with Crippen molar-refractivity contribution in [2.24, 2.45) is 69.0 Å². The second kappa shape index (κ2) is 39.9. The van der Waals surface area contributed by atoms with Gasteiger partial charge in [0.05, 0.1) is 96.5 Å². The van der Waals surface area contributed by atoms with Crippen molar-refractivity contribution in [1.29, 1.82) is 0 Å². The average molecular weight is 1860 g/mol. The predicted molar refractivity (Wildman–Crippen MR) is 481 cm³/mol. The molecule has 33 heteroatoms. The molecule has 2 unspecified atom stereocenters. The van der Waals surface area contributed by atoms with Gasteiger partial charge in [-0.1, -0.05) is 84.2 Å². The Labute approximate surface area is 756 Å². The number of carboxylic acid groups (broad SMARTS) is 1. The highest BCUT2D eigenvalue weighted by molar-refractivity contribution is 9.10. The quantitative estimate of drug-likeness (QED) is 0.0122. The fraction of sp³-hybridized carbons (Fsp3) is 0.600. The van der Waals surface area contributed by atoms with Crippen LogP contribution in [0.5, 0.6) is 17.2 Å². The first-order chi connectivity index (χ1) is 60.7. The number of pyridine rings is 2. The summed E-state index contributed by atoms with van der Waals surface area (Å²) in [7, 11) is 0.317. The molecular formula is C95H125BrN10O21S. The van der Waals surface area contributed by atoms with Gasteiger partial charge in [-0.25, -0.2) is 14.3 Å². The minimum absolute atomic E-state index is 0.0111. The van der Waals surface area contributed by atoms with Gasteiger partial charge < -0.3 is 68.4 Å². The van der Waals surface area contributed by atoms with Crippen molar-refractivity contribution in [2.75, 3.05) is 71.5 Å². The zero-order valence-corrected chi connectivity index (χ0v) is 78.5. The summed E-state index contributed by atoms with van der Waals surface area (Å²) in [5, 5.41) is 27.2. The largest absolute Gasteiger partial charge is 0.491 e. The number of esters is 3. The fourth-order valence-corrected chi connectivity index (χ4v) is 20.5. The number of amides is 2. The highest BCUT2D eigenvalue weighted by Crippen LogP contribution is 2.60. The number of nitrogens with zero attached hydrogens (tertiary/aromatic N) is 7. The molecule has 8 aliphatic rings. The number of rotatable bonds is 37. The number of hydrogen-bond donors (Lipinski definition) is 4. The molecular weight excluding hydrogens is 1730 g/mol. The molecule has 6 aliphatic carbocycles. The number of aliphatic carboxylic acids is 1. The maximum Gasteiger partial charge on any atom is 0.312 e. The molecule has 6 saturated carbocycles. The Balaban J connectivity index is 0.000000177. The van der Waals surface area contributed by atoms with Crippen molar-refractivity contribution in [3.63, 3.8) is 0 Å². The summed E-state index contributed by atoms with van der Waals surface area (Å²) in [6.45, 7) is 25.0. The molecule has 0 radical (unpaired) electrons. The number of nitrogens with one attached hydrogen (secondary N) is 3. The van der Waals surface area contributed by atoms with Crippen LogP contribution in [-0.2, 0) is 76.3 Å². The van der Waals surface area contributed by atoms with Gasteiger partial charge in [0.25, 0.3) is 10.1 Å². The van der Waals surface area contributed by atoms with Gasteiger partial charge in [0, 0.05) is 123 Å². The summed E-state index contributed by atoms with van der Waals surface area (Å²) in [6.07, 6.45) is 9.44. The fourth-order valence-electron chi connectivity index (χ4n) is 19.1. The van der Waals surface area contributed by atoms with E-state index < -0.39 is 97.7 Å². The van der Waals surface area contributed by atoms with Gasteiger partial charge in [0.1, 0.15) is 66.2 Å². The van der Waals surface area contributed by atoms with E-state index in [-0.39, 0.29) is 116 Å². The van der Waals surface area contributed by atoms with Crippen LogP contribution in [0, 0.1) is 69.0 Å². The molecule has 15 rings (SSSR count). The van der Waals surface area contributed by atoms with E-state index in [1.165, 1.54) is 37.0 Å². The van der Waals surface area contributed by atoms with E-state index in [1.807, 2.05) is 119 Å². The van der Waals surface area contributed by atoms with E-state index in [1.54, 1.807) is 77.3 Å². The van der Waals surface area contributed by atoms with Gasteiger partial charge in [-0.05, 0) is 174 Å². The molecule has 2 aliphatic heterocycles. The maximum absolute atomic E-state index is 14.8. The van der Waals surface area contributed by atoms with Crippen LogP contribution in [0.3, 0.4) is 0 Å². The molecule has 6 heterocycles. The van der Waals surface area contributed by atoms with Crippen LogP contribution in [0.2, 0.25) is 0 Å². The summed E-state index contributed by atoms with van der Waals surface area (Å²) >= 11 is 3.29. The van der Waals surface area contributed by atoms with Gasteiger partial charge in [-0.3, -0.25) is 47.3 Å². The molecule has 2 saturated heterocycles. The summed E-state index contributed by atoms with van der Waals surface area (Å²) in [6, 6.07) is 22.4. The number of aromatic nitrogens is 6. The van der Waals surface area contributed by atoms with Crippen molar-refractivity contribution < 1.29 is 94.0 Å². The maximum atomic E-state index is 14.8. The first-order valence-electron chi connectivity index (χ1n) is 45.0. The number of H-pyrrole nitrogens is 1. The monoisotopic (exact) mass is 1850 g/mol. The lowest BCUT2D eigenvalue weighted by molar-refractivity contribution is -0.157. The third-order valence-electron chi connectivity index (χ3n) is 26.5. The van der Waals surface area contributed by atoms with Crippen LogP contribution in [-0.4, -0.2) is 210 Å². The zero-order chi connectivity index (χ0) is 92.2. The molecule has 31 nitrogen and oxygen atoms in total. The van der Waals surface area contributed by atoms with Gasteiger partial charge in [0.15, 0.2) is 22.8 Å². The van der Waals surface area contributed by atoms with Gasteiger partial charge in [0.2, 0.25) is 11.8 Å². The van der Waals surface area contributed by atoms with Crippen molar-refractivity contribution >= 4 is 107 Å². The van der Waals surface area contributed by atoms with Crippen LogP contribution in [0.15, 0.2) is 111 Å². The molecule has 0 spiro atoms. The van der Waals surface area contributed by atoms with Crippen molar-refractivity contribution in [2.45, 2.75) is 239 Å². The van der Waals surface area contributed by atoms with Crippen molar-refractivity contribution in [3.8, 4) is 28.9 Å². The normalized spacial score (nSPS) is 25.2. The summed E-state index contributed by atoms with van der Waals surface area (Å²) in [4.78, 5) is 133. The molecule has 7 aromatic rings. The van der Waals surface area contributed by atoms with Crippen LogP contribution >= 0.6 is 15.9 Å². The number of Topliss-reactive ketones (excluding diaryl/α,β-unsaturated/α-hetero) is 2. The van der Waals surface area contributed by atoms with Crippen LogP contribution < -0.4 is 30.3 Å². The number of likely N-dealkylation sites (tertiary alicyclic amines) is 2. The lowest BCUT2D eigenvalue weighted by Gasteiger charge is -2.35. The molecule has 128 heavy (non-hydrogen) atoms. The Bertz CT molecular complexity index is 5370. The predicted octanol–water partition coefficient (Wildman–Crippen LogP) is 14.1. The van der Waals surface area contributed by atoms with Gasteiger partial charge in [-0.15, -0.1) is 10.2 Å². The first kappa shape index (κ1) is 95.7. The molecule has 2 amide bonds. The van der Waals surface area contributed by atoms with E-state index in [0.717, 1.165) is 31.5 Å². The second-order valence-corrected chi connectivity index (χ2v) is 41.2. The molecule has 3 aromatic carbocycles. The number of hydrogen-bond acceptors (Lipinski definition) is 25. The summed E-state index contributed by atoms with van der Waals surface area (Å²) < 4.78 is 81.1. The molecule has 4 N–H and O–H groups in total. The number of ketones is 2. The lowest BCUT2D eigenvalue weighted by atomic mass is 9.77. The Morgan fingerprint density at radius 1 is 0.586 bits per heavy atom. The topological polar surface area (TPSA) is 386 Å². The number of carbonyl (C=O) groups excluding carboxylic acids is 7. The van der Waals surface area contributed by atoms with E-state index in [2.05, 4.69) is 41.7 Å². The van der Waals surface area contributed by atoms with Crippen LogP contribution in [0.25, 0.3) is 33.4 Å². The third-order valence-corrected chi connectivity index (χ3v) is 28.4. The number of carboxylic acids is 1. The summed E-state index contributed by atoms with van der Waals surface area (Å²) in [5.41, 5.74) is -2.18. The number of benzene rings is 3. The third kappa shape index (κ3) is 22.9. The van der Waals surface area contributed by atoms with Gasteiger partial charge >= 0.3 is 23.9 Å². The standard InChI is InChI=1S/C44H59N5O9.C33H44BrNO9S.C18H22N4O3/c1-8-28-22-44(28,42(53)54)23-36(50)35-19-31(24-48(35)41(52)33(43(4,5)6)20-40(51)58-30-16-26-15-27(26)17-30)57-37-21-39(49-12-11-38(47-49)45-25(2)3)46-34-18-29(9-10-32(34)37)56-14-13-55-7;1-6-21-16-33(21,31(39)42-5)17-28(36)27-14-24(44-45(40,41)25-9-7-22(34)8-10-25)18-35(27)30(38)26(32(2,3)4)15-29(37)43-23-12-19-11-20(19)13-23;1-12(2)19-17-6-7-22(21-17)18-11-16(23)14-5-4-13(10-15(14)20-18)25-9-8-24-3/h9-12,18,21,25-28,30-31,33,35H,8,13-17,19-20,22-24H2,1-7H3,(H,45,47)(H,53,54);7-10,19-21,23-24,26-27H,6,11-18H2,1-5H3;4-7,10-12H,8-9H2,1-3H3,(H,19,21)(H,20,23)/t26-,27+,28-,30?,31-,33-,35+,44-;19-,20+,21-,23?,24+,26-,27+,33-;/m11./s1. The second-order valence-electron chi connectivity index (χ2n) is 38.7. The minimum Gasteiger partial charge on any atom is -0.491 e. The molecule has 694 valence electrons. The van der Waals surface area contributed by atoms with E-state index in [4.69, 9.17) is 47.1 Å².